The largest absolute Gasteiger partial charge is 0.369 e. The van der Waals surface area contributed by atoms with E-state index in [1.54, 1.807) is 6.07 Å². The van der Waals surface area contributed by atoms with Crippen molar-refractivity contribution >= 4 is 5.69 Å². The van der Waals surface area contributed by atoms with Crippen LogP contribution in [0, 0.1) is 28.5 Å². The fourth-order valence-electron chi connectivity index (χ4n) is 2.80. The SMILES string of the molecule is CC1(C)CN(c2ccccc2F)CCC1CC#N. The van der Waals surface area contributed by atoms with Gasteiger partial charge in [-0.25, -0.2) is 4.39 Å². The molecule has 2 rings (SSSR count). The Labute approximate surface area is 108 Å². The molecule has 1 saturated heterocycles. The first-order chi connectivity index (χ1) is 8.54. The molecule has 2 nitrogen and oxygen atoms in total. The number of para-hydroxylation sites is 1. The number of halogens is 1. The van der Waals surface area contributed by atoms with Gasteiger partial charge in [0.1, 0.15) is 5.82 Å². The van der Waals surface area contributed by atoms with Gasteiger partial charge in [-0.15, -0.1) is 0 Å². The summed E-state index contributed by atoms with van der Waals surface area (Å²) < 4.78 is 13.8. The van der Waals surface area contributed by atoms with Crippen LogP contribution >= 0.6 is 0 Å². The van der Waals surface area contributed by atoms with Crippen LogP contribution in [0.25, 0.3) is 0 Å². The third-order valence-corrected chi connectivity index (χ3v) is 3.98. The molecule has 0 saturated carbocycles. The molecule has 0 N–H and O–H groups in total. The number of nitriles is 1. The lowest BCUT2D eigenvalue weighted by Crippen LogP contribution is -2.46. The molecule has 1 unspecified atom stereocenters. The summed E-state index contributed by atoms with van der Waals surface area (Å²) in [5.41, 5.74) is 0.733. The van der Waals surface area contributed by atoms with Gasteiger partial charge >= 0.3 is 0 Å². The molecule has 96 valence electrons. The van der Waals surface area contributed by atoms with E-state index in [2.05, 4.69) is 24.8 Å². The average molecular weight is 246 g/mol. The Kier molecular flexibility index (Phi) is 3.56. The summed E-state index contributed by atoms with van der Waals surface area (Å²) in [6.07, 6.45) is 1.55. The van der Waals surface area contributed by atoms with Gasteiger partial charge in [0.25, 0.3) is 0 Å². The van der Waals surface area contributed by atoms with E-state index in [1.165, 1.54) is 6.07 Å². The van der Waals surface area contributed by atoms with Gasteiger partial charge < -0.3 is 4.90 Å². The summed E-state index contributed by atoms with van der Waals surface area (Å²) in [5, 5.41) is 8.85. The van der Waals surface area contributed by atoms with Gasteiger partial charge in [-0.3, -0.25) is 0 Å². The summed E-state index contributed by atoms with van der Waals surface area (Å²) in [7, 11) is 0. The van der Waals surface area contributed by atoms with Crippen LogP contribution in [0.5, 0.6) is 0 Å². The van der Waals surface area contributed by atoms with Crippen LogP contribution in [-0.2, 0) is 0 Å². The molecule has 1 aromatic carbocycles. The predicted molar refractivity (Wildman–Crippen MR) is 70.7 cm³/mol. The molecule has 1 aliphatic heterocycles. The van der Waals surface area contributed by atoms with Gasteiger partial charge in [-0.05, 0) is 29.9 Å². The lowest BCUT2D eigenvalue weighted by atomic mass is 9.72. The normalized spacial score (nSPS) is 22.6. The van der Waals surface area contributed by atoms with Crippen molar-refractivity contribution in [3.63, 3.8) is 0 Å². The first-order valence-corrected chi connectivity index (χ1v) is 6.41. The molecular weight excluding hydrogens is 227 g/mol. The Morgan fingerprint density at radius 2 is 2.17 bits per heavy atom. The highest BCUT2D eigenvalue weighted by Crippen LogP contribution is 2.38. The third-order valence-electron chi connectivity index (χ3n) is 3.98. The third kappa shape index (κ3) is 2.48. The summed E-state index contributed by atoms with van der Waals surface area (Å²) >= 11 is 0. The monoisotopic (exact) mass is 246 g/mol. The molecule has 1 aromatic rings. The van der Waals surface area contributed by atoms with E-state index < -0.39 is 0 Å². The van der Waals surface area contributed by atoms with Crippen molar-refractivity contribution in [1.82, 2.24) is 0 Å². The van der Waals surface area contributed by atoms with E-state index in [1.807, 2.05) is 12.1 Å². The van der Waals surface area contributed by atoms with E-state index in [4.69, 9.17) is 5.26 Å². The first kappa shape index (κ1) is 12.9. The van der Waals surface area contributed by atoms with E-state index in [0.29, 0.717) is 18.0 Å². The zero-order valence-electron chi connectivity index (χ0n) is 11.0. The van der Waals surface area contributed by atoms with E-state index in [-0.39, 0.29) is 11.2 Å². The molecule has 0 aliphatic carbocycles. The Morgan fingerprint density at radius 3 is 2.78 bits per heavy atom. The molecule has 0 aromatic heterocycles. The number of anilines is 1. The van der Waals surface area contributed by atoms with Crippen LogP contribution in [0.3, 0.4) is 0 Å². The van der Waals surface area contributed by atoms with Gasteiger partial charge in [0.05, 0.1) is 11.8 Å². The van der Waals surface area contributed by atoms with Gasteiger partial charge in [-0.2, -0.15) is 5.26 Å². The maximum Gasteiger partial charge on any atom is 0.146 e. The van der Waals surface area contributed by atoms with Gasteiger partial charge in [-0.1, -0.05) is 26.0 Å². The van der Waals surface area contributed by atoms with Crippen molar-refractivity contribution in [2.45, 2.75) is 26.7 Å². The Morgan fingerprint density at radius 1 is 1.44 bits per heavy atom. The highest BCUT2D eigenvalue weighted by Gasteiger charge is 2.36. The maximum absolute atomic E-state index is 13.8. The highest BCUT2D eigenvalue weighted by molar-refractivity contribution is 5.48. The maximum atomic E-state index is 13.8. The zero-order valence-corrected chi connectivity index (χ0v) is 11.0. The fraction of sp³-hybridized carbons (Fsp3) is 0.533. The Bertz CT molecular complexity index is 462. The van der Waals surface area contributed by atoms with Crippen LogP contribution in [0.4, 0.5) is 10.1 Å². The van der Waals surface area contributed by atoms with Gasteiger partial charge in [0.2, 0.25) is 0 Å². The molecule has 0 amide bonds. The second-order valence-corrected chi connectivity index (χ2v) is 5.71. The number of nitrogens with zero attached hydrogens (tertiary/aromatic N) is 2. The minimum absolute atomic E-state index is 0.0518. The van der Waals surface area contributed by atoms with Crippen molar-refractivity contribution in [2.24, 2.45) is 11.3 Å². The van der Waals surface area contributed by atoms with E-state index >= 15 is 0 Å². The molecule has 1 fully saturated rings. The minimum Gasteiger partial charge on any atom is -0.369 e. The van der Waals surface area contributed by atoms with Crippen LogP contribution in [0.2, 0.25) is 0 Å². The number of hydrogen-bond acceptors (Lipinski definition) is 2. The molecule has 18 heavy (non-hydrogen) atoms. The van der Waals surface area contributed by atoms with Gasteiger partial charge in [0.15, 0.2) is 0 Å². The second kappa shape index (κ2) is 4.97. The standard InChI is InChI=1S/C15H19FN2/c1-15(2)11-18(10-8-12(15)7-9-17)14-6-4-3-5-13(14)16/h3-6,12H,7-8,10-11H2,1-2H3. The van der Waals surface area contributed by atoms with Crippen molar-refractivity contribution in [2.75, 3.05) is 18.0 Å². The molecule has 1 aliphatic rings. The first-order valence-electron chi connectivity index (χ1n) is 6.41. The van der Waals surface area contributed by atoms with E-state index in [0.717, 1.165) is 19.5 Å². The van der Waals surface area contributed by atoms with Crippen LogP contribution in [0.15, 0.2) is 24.3 Å². The van der Waals surface area contributed by atoms with Crippen molar-refractivity contribution < 1.29 is 4.39 Å². The van der Waals surface area contributed by atoms with Crippen molar-refractivity contribution in [3.05, 3.63) is 30.1 Å². The molecular formula is C15H19FN2. The van der Waals surface area contributed by atoms with Gasteiger partial charge in [0, 0.05) is 19.5 Å². The van der Waals surface area contributed by atoms with Crippen molar-refractivity contribution in [3.8, 4) is 6.07 Å². The van der Waals surface area contributed by atoms with Crippen LogP contribution in [0.1, 0.15) is 26.7 Å². The molecule has 0 radical (unpaired) electrons. The fourth-order valence-corrected chi connectivity index (χ4v) is 2.80. The predicted octanol–water partition coefficient (Wildman–Crippen LogP) is 3.59. The quantitative estimate of drug-likeness (QED) is 0.797. The number of rotatable bonds is 2. The zero-order chi connectivity index (χ0) is 13.2. The number of benzene rings is 1. The second-order valence-electron chi connectivity index (χ2n) is 5.71. The number of hydrogen-bond donors (Lipinski definition) is 0. The van der Waals surface area contributed by atoms with E-state index in [9.17, 15) is 4.39 Å². The lowest BCUT2D eigenvalue weighted by Gasteiger charge is -2.44. The summed E-state index contributed by atoms with van der Waals surface area (Å²) in [6, 6.07) is 9.18. The summed E-state index contributed by atoms with van der Waals surface area (Å²) in [6.45, 7) is 5.97. The average Bonchev–Trinajstić information content (AvgIpc) is 2.32. The Hall–Kier alpha value is -1.56. The molecule has 1 atom stereocenters. The smallest absolute Gasteiger partial charge is 0.146 e. The Balaban J connectivity index is 2.17. The van der Waals surface area contributed by atoms with Crippen LogP contribution < -0.4 is 4.90 Å². The lowest BCUT2D eigenvalue weighted by molar-refractivity contribution is 0.179. The highest BCUT2D eigenvalue weighted by atomic mass is 19.1. The molecule has 0 bridgehead atoms. The minimum atomic E-state index is -0.160. The molecule has 1 heterocycles. The topological polar surface area (TPSA) is 27.0 Å². The summed E-state index contributed by atoms with van der Waals surface area (Å²) in [5.74, 6) is 0.248. The van der Waals surface area contributed by atoms with Crippen molar-refractivity contribution in [1.29, 1.82) is 5.26 Å². The van der Waals surface area contributed by atoms with Crippen LogP contribution in [-0.4, -0.2) is 13.1 Å². The number of piperidine rings is 1. The molecule has 3 heteroatoms. The summed E-state index contributed by atoms with van der Waals surface area (Å²) in [4.78, 5) is 2.10. The molecule has 0 spiro atoms.